The Morgan fingerprint density at radius 1 is 1.44 bits per heavy atom. The first-order valence-corrected chi connectivity index (χ1v) is 2.85. The number of nitrogens with one attached hydrogen (secondary N) is 1. The van der Waals surface area contributed by atoms with E-state index in [1.165, 1.54) is 0 Å². The van der Waals surface area contributed by atoms with Crippen molar-refractivity contribution in [2.75, 3.05) is 0 Å². The fourth-order valence-corrected chi connectivity index (χ4v) is 0.325. The van der Waals surface area contributed by atoms with Crippen LogP contribution in [0.1, 0.15) is 19.5 Å². The molecule has 0 aliphatic rings. The second-order valence-corrected chi connectivity index (χ2v) is 1.24. The molecular formula is C6H12N2Rh. The van der Waals surface area contributed by atoms with Gasteiger partial charge in [0.2, 0.25) is 0 Å². The first-order valence-electron chi connectivity index (χ1n) is 2.85. The van der Waals surface area contributed by atoms with Crippen LogP contribution in [-0.4, -0.2) is 10.2 Å². The molecule has 3 heteroatoms. The van der Waals surface area contributed by atoms with Gasteiger partial charge in [-0.2, -0.15) is 5.10 Å². The van der Waals surface area contributed by atoms with Crippen molar-refractivity contribution < 1.29 is 19.5 Å². The van der Waals surface area contributed by atoms with Crippen LogP contribution in [0, 0.1) is 6.92 Å². The molecule has 9 heavy (non-hydrogen) atoms. The van der Waals surface area contributed by atoms with Gasteiger partial charge in [0.25, 0.3) is 0 Å². The molecule has 0 aromatic carbocycles. The van der Waals surface area contributed by atoms with Gasteiger partial charge in [-0.1, -0.05) is 13.8 Å². The topological polar surface area (TPSA) is 28.7 Å². The first kappa shape index (κ1) is 11.6. The number of hydrogen-bond acceptors (Lipinski definition) is 1. The maximum atomic E-state index is 3.70. The third-order valence-electron chi connectivity index (χ3n) is 0.640. The molecule has 55 valence electrons. The Morgan fingerprint density at radius 3 is 2.11 bits per heavy atom. The predicted molar refractivity (Wildman–Crippen MR) is 34.7 cm³/mol. The Hall–Kier alpha value is -0.167. The van der Waals surface area contributed by atoms with Crippen LogP contribution in [0.3, 0.4) is 0 Å². The van der Waals surface area contributed by atoms with Gasteiger partial charge in [0.05, 0.1) is 0 Å². The fourth-order valence-electron chi connectivity index (χ4n) is 0.325. The molecule has 0 saturated heterocycles. The smallest absolute Gasteiger partial charge is 0.0489 e. The molecule has 1 heterocycles. The van der Waals surface area contributed by atoms with Gasteiger partial charge in [-0.15, -0.1) is 0 Å². The molecule has 1 radical (unpaired) electrons. The molecule has 0 amide bonds. The van der Waals surface area contributed by atoms with Gasteiger partial charge in [-0.25, -0.2) is 0 Å². The average molecular weight is 215 g/mol. The summed E-state index contributed by atoms with van der Waals surface area (Å²) in [6.07, 6.45) is 1.73. The van der Waals surface area contributed by atoms with Gasteiger partial charge in [0, 0.05) is 31.4 Å². The largest absolute Gasteiger partial charge is 0.283 e. The van der Waals surface area contributed by atoms with Crippen molar-refractivity contribution in [3.8, 4) is 0 Å². The molecule has 0 bridgehead atoms. The molecule has 0 fully saturated rings. The zero-order valence-corrected chi connectivity index (χ0v) is 7.57. The quantitative estimate of drug-likeness (QED) is 0.656. The SMILES string of the molecule is CC.Cc1ccn[nH]1.[Rh]. The number of rotatable bonds is 0. The summed E-state index contributed by atoms with van der Waals surface area (Å²) in [6.45, 7) is 5.97. The maximum Gasteiger partial charge on any atom is 0.0489 e. The molecule has 2 nitrogen and oxygen atoms in total. The number of aromatic amines is 1. The van der Waals surface area contributed by atoms with Crippen molar-refractivity contribution in [3.05, 3.63) is 18.0 Å². The van der Waals surface area contributed by atoms with Crippen molar-refractivity contribution in [1.82, 2.24) is 10.2 Å². The van der Waals surface area contributed by atoms with E-state index >= 15 is 0 Å². The molecule has 1 aromatic rings. The Bertz CT molecular complexity index is 115. The molecule has 0 unspecified atom stereocenters. The number of H-pyrrole nitrogens is 1. The molecule has 0 atom stereocenters. The van der Waals surface area contributed by atoms with Crippen LogP contribution in [0.5, 0.6) is 0 Å². The van der Waals surface area contributed by atoms with Crippen molar-refractivity contribution in [1.29, 1.82) is 0 Å². The first-order chi connectivity index (χ1) is 3.89. The van der Waals surface area contributed by atoms with E-state index in [1.54, 1.807) is 6.20 Å². The molecule has 0 spiro atoms. The van der Waals surface area contributed by atoms with Crippen LogP contribution >= 0.6 is 0 Å². The Morgan fingerprint density at radius 2 is 2.00 bits per heavy atom. The summed E-state index contributed by atoms with van der Waals surface area (Å²) in [5.74, 6) is 0. The van der Waals surface area contributed by atoms with Gasteiger partial charge in [-0.05, 0) is 13.0 Å². The zero-order valence-electron chi connectivity index (χ0n) is 5.94. The second kappa shape index (κ2) is 7.83. The summed E-state index contributed by atoms with van der Waals surface area (Å²) >= 11 is 0. The van der Waals surface area contributed by atoms with Gasteiger partial charge in [0.15, 0.2) is 0 Å². The Labute approximate surface area is 68.8 Å². The van der Waals surface area contributed by atoms with E-state index in [2.05, 4.69) is 10.2 Å². The molecule has 1 N–H and O–H groups in total. The van der Waals surface area contributed by atoms with Crippen molar-refractivity contribution in [2.24, 2.45) is 0 Å². The monoisotopic (exact) mass is 215 g/mol. The van der Waals surface area contributed by atoms with Crippen LogP contribution in [0.4, 0.5) is 0 Å². The van der Waals surface area contributed by atoms with Gasteiger partial charge in [0.1, 0.15) is 0 Å². The van der Waals surface area contributed by atoms with Crippen LogP contribution in [-0.2, 0) is 19.5 Å². The molecule has 0 aliphatic heterocycles. The van der Waals surface area contributed by atoms with E-state index in [0.29, 0.717) is 0 Å². The predicted octanol–water partition coefficient (Wildman–Crippen LogP) is 1.74. The molecular weight excluding hydrogens is 203 g/mol. The summed E-state index contributed by atoms with van der Waals surface area (Å²) in [5, 5.41) is 6.45. The van der Waals surface area contributed by atoms with Gasteiger partial charge >= 0.3 is 0 Å². The summed E-state index contributed by atoms with van der Waals surface area (Å²) < 4.78 is 0. The van der Waals surface area contributed by atoms with Crippen molar-refractivity contribution in [2.45, 2.75) is 20.8 Å². The van der Waals surface area contributed by atoms with E-state index in [9.17, 15) is 0 Å². The number of aromatic nitrogens is 2. The molecule has 0 aliphatic carbocycles. The number of aryl methyl sites for hydroxylation is 1. The third kappa shape index (κ3) is 5.71. The van der Waals surface area contributed by atoms with E-state index < -0.39 is 0 Å². The standard InChI is InChI=1S/C4H6N2.C2H6.Rh/c1-4-2-3-5-6-4;1-2;/h2-3H,1H3,(H,5,6);1-2H3;. The van der Waals surface area contributed by atoms with Crippen molar-refractivity contribution >= 4 is 0 Å². The maximum absolute atomic E-state index is 3.70. The average Bonchev–Trinajstić information content (AvgIpc) is 2.24. The molecule has 1 rings (SSSR count). The number of nitrogens with zero attached hydrogens (tertiary/aromatic N) is 1. The third-order valence-corrected chi connectivity index (χ3v) is 0.640. The van der Waals surface area contributed by atoms with Crippen LogP contribution in [0.25, 0.3) is 0 Å². The van der Waals surface area contributed by atoms with E-state index in [4.69, 9.17) is 0 Å². The fraction of sp³-hybridized carbons (Fsp3) is 0.500. The minimum atomic E-state index is 0. The van der Waals surface area contributed by atoms with Crippen LogP contribution < -0.4 is 0 Å². The van der Waals surface area contributed by atoms with Crippen LogP contribution in [0.15, 0.2) is 12.3 Å². The number of hydrogen-bond donors (Lipinski definition) is 1. The zero-order chi connectivity index (χ0) is 6.41. The molecule has 0 saturated carbocycles. The summed E-state index contributed by atoms with van der Waals surface area (Å²) in [5.41, 5.74) is 1.11. The van der Waals surface area contributed by atoms with E-state index in [-0.39, 0.29) is 19.5 Å². The van der Waals surface area contributed by atoms with Crippen LogP contribution in [0.2, 0.25) is 0 Å². The summed E-state index contributed by atoms with van der Waals surface area (Å²) in [6, 6.07) is 1.92. The van der Waals surface area contributed by atoms with E-state index in [0.717, 1.165) is 5.69 Å². The normalized spacial score (nSPS) is 6.56. The Kier molecular flexibility index (Phi) is 10.1. The summed E-state index contributed by atoms with van der Waals surface area (Å²) in [4.78, 5) is 0. The minimum absolute atomic E-state index is 0. The second-order valence-electron chi connectivity index (χ2n) is 1.24. The molecule has 1 aromatic heterocycles. The van der Waals surface area contributed by atoms with Gasteiger partial charge < -0.3 is 0 Å². The van der Waals surface area contributed by atoms with Gasteiger partial charge in [-0.3, -0.25) is 5.10 Å². The summed E-state index contributed by atoms with van der Waals surface area (Å²) in [7, 11) is 0. The van der Waals surface area contributed by atoms with Crippen molar-refractivity contribution in [3.63, 3.8) is 0 Å². The Balaban J connectivity index is 0. The van der Waals surface area contributed by atoms with E-state index in [1.807, 2.05) is 26.8 Å². The minimum Gasteiger partial charge on any atom is -0.283 e.